The first kappa shape index (κ1) is 53.7. The molecule has 2 N–H and O–H groups in total. The summed E-state index contributed by atoms with van der Waals surface area (Å²) in [5.41, 5.74) is 6.40. The van der Waals surface area contributed by atoms with E-state index < -0.39 is 18.3 Å². The number of H-pyrrole nitrogens is 2. The van der Waals surface area contributed by atoms with E-state index in [0.29, 0.717) is 59.8 Å². The van der Waals surface area contributed by atoms with Crippen molar-refractivity contribution >= 4 is 57.8 Å². The molecule has 9 rings (SSSR count). The highest BCUT2D eigenvalue weighted by molar-refractivity contribution is 6.63. The first-order valence-electron chi connectivity index (χ1n) is 22.1. The molecule has 1 aliphatic rings. The van der Waals surface area contributed by atoms with Gasteiger partial charge in [-0.3, -0.25) is 19.8 Å². The van der Waals surface area contributed by atoms with Crippen LogP contribution in [0.2, 0.25) is 5.15 Å². The maximum absolute atomic E-state index is 13.2. The molecule has 0 bridgehead atoms. The van der Waals surface area contributed by atoms with Crippen LogP contribution in [-0.2, 0) is 22.4 Å². The van der Waals surface area contributed by atoms with Crippen molar-refractivity contribution in [3.05, 3.63) is 149 Å². The molecule has 0 unspecified atom stereocenters. The molecular formula is C52H62BClN10O6. The molecule has 0 spiro atoms. The second kappa shape index (κ2) is 23.9. The number of para-hydroxylation sites is 2. The molecule has 8 aromatic rings. The molecule has 16 nitrogen and oxygen atoms in total. The molecule has 1 fully saturated rings. The molecule has 18 heteroatoms. The Morgan fingerprint density at radius 1 is 0.657 bits per heavy atom. The van der Waals surface area contributed by atoms with Gasteiger partial charge in [0.05, 0.1) is 53.5 Å². The fourth-order valence-corrected chi connectivity index (χ4v) is 7.52. The van der Waals surface area contributed by atoms with Gasteiger partial charge in [0.1, 0.15) is 11.5 Å². The zero-order chi connectivity index (χ0) is 48.4. The number of ether oxygens (including phenoxy) is 2. The number of carbonyl (C=O) groups is 2. The van der Waals surface area contributed by atoms with Crippen LogP contribution in [0.15, 0.2) is 122 Å². The molecule has 0 saturated carbocycles. The summed E-state index contributed by atoms with van der Waals surface area (Å²) in [6, 6.07) is 29.9. The predicted molar refractivity (Wildman–Crippen MR) is 276 cm³/mol. The van der Waals surface area contributed by atoms with E-state index in [1.54, 1.807) is 85.1 Å². The number of rotatable bonds is 12. The Labute approximate surface area is 415 Å². The maximum Gasteiger partial charge on any atom is 0.498 e. The summed E-state index contributed by atoms with van der Waals surface area (Å²) in [5.74, 6) is 1.03. The van der Waals surface area contributed by atoms with Crippen molar-refractivity contribution in [1.82, 2.24) is 50.6 Å². The van der Waals surface area contributed by atoms with E-state index in [-0.39, 0.29) is 26.7 Å². The summed E-state index contributed by atoms with van der Waals surface area (Å²) in [6.07, 6.45) is 6.76. The summed E-state index contributed by atoms with van der Waals surface area (Å²) in [7, 11) is 3.02. The molecule has 1 aliphatic heterocycles. The molecule has 4 aromatic heterocycles. The van der Waals surface area contributed by atoms with Crippen molar-refractivity contribution in [3.63, 3.8) is 0 Å². The van der Waals surface area contributed by atoms with Crippen molar-refractivity contribution < 1.29 is 28.4 Å². The van der Waals surface area contributed by atoms with E-state index >= 15 is 0 Å². The van der Waals surface area contributed by atoms with E-state index in [9.17, 15) is 9.59 Å². The number of nitrogens with zero attached hydrogens (tertiary/aromatic N) is 8. The number of nitrogens with one attached hydrogen (secondary N) is 2. The number of aromatic amines is 2. The topological polar surface area (TPSA) is 186 Å². The zero-order valence-corrected chi connectivity index (χ0v) is 40.1. The van der Waals surface area contributed by atoms with Crippen LogP contribution in [0.1, 0.15) is 88.2 Å². The molecule has 366 valence electrons. The van der Waals surface area contributed by atoms with Gasteiger partial charge in [0.2, 0.25) is 0 Å². The highest BCUT2D eigenvalue weighted by Gasteiger charge is 2.52. The predicted octanol–water partition coefficient (Wildman–Crippen LogP) is 9.63. The Kier molecular flexibility index (Phi) is 18.3. The lowest BCUT2D eigenvalue weighted by molar-refractivity contribution is 0.00578. The van der Waals surface area contributed by atoms with E-state index in [1.807, 2.05) is 102 Å². The smallest absolute Gasteiger partial charge is 0.494 e. The first-order valence-corrected chi connectivity index (χ1v) is 22.5. The summed E-state index contributed by atoms with van der Waals surface area (Å²) in [5, 5.41) is 31.8. The van der Waals surface area contributed by atoms with Crippen LogP contribution in [0.5, 0.6) is 11.5 Å². The number of hydrogen-bond acceptors (Lipinski definition) is 12. The van der Waals surface area contributed by atoms with Crippen molar-refractivity contribution in [2.45, 2.75) is 80.7 Å². The average molecular weight is 969 g/mol. The number of aromatic nitrogens is 8. The van der Waals surface area contributed by atoms with Crippen LogP contribution in [0, 0.1) is 0 Å². The Hall–Kier alpha value is -7.21. The summed E-state index contributed by atoms with van der Waals surface area (Å²) in [6.45, 7) is 13.8. The number of halogens is 1. The number of benzene rings is 4. The van der Waals surface area contributed by atoms with Gasteiger partial charge in [-0.05, 0) is 107 Å². The molecule has 0 aliphatic carbocycles. The van der Waals surface area contributed by atoms with Gasteiger partial charge in [-0.25, -0.2) is 0 Å². The minimum atomic E-state index is -0.554. The normalized spacial score (nSPS) is 13.1. The largest absolute Gasteiger partial charge is 0.498 e. The van der Waals surface area contributed by atoms with E-state index in [0.717, 1.165) is 44.0 Å². The van der Waals surface area contributed by atoms with Gasteiger partial charge in [0, 0.05) is 72.5 Å². The highest BCUT2D eigenvalue weighted by Crippen LogP contribution is 2.37. The number of carbonyl (C=O) groups excluding carboxylic acids is 2. The Balaban J connectivity index is 0.000000224. The Morgan fingerprint density at radius 2 is 1.16 bits per heavy atom. The lowest BCUT2D eigenvalue weighted by atomic mass is 9.78. The third kappa shape index (κ3) is 12.5. The number of amides is 2. The van der Waals surface area contributed by atoms with Gasteiger partial charge in [-0.15, -0.1) is 5.10 Å². The standard InChI is InChI=1S/C24H30BN3O4.C22H21N5O2.C4H3ClN2.2CH4/c1-7-30-20-13-16(11-12-19(20)25-31-23(2,3)24(4,5)32-25)22(29)28(6)15-18-10-8-9-17-14-26-27-21(17)18;1-3-29-20-12-15(9-10-18(20)19-8-5-11-23-25-19)22(28)27(2)14-17-7-4-6-16-13-24-26-21(16)17;5-4-2-1-3-6-7-4;;/h8-14H,7,15H2,1-6H3,(H,26,27);4-13H,3,14H2,1-2H3,(H,24,26);1-3H;2*1H4. The molecule has 5 heterocycles. The van der Waals surface area contributed by atoms with Gasteiger partial charge in [-0.1, -0.05) is 68.9 Å². The Bertz CT molecular complexity index is 2960. The van der Waals surface area contributed by atoms with Crippen LogP contribution in [0.3, 0.4) is 0 Å². The van der Waals surface area contributed by atoms with Gasteiger partial charge in [-0.2, -0.15) is 25.5 Å². The molecule has 2 amide bonds. The third-order valence-corrected chi connectivity index (χ3v) is 11.8. The number of fused-ring (bicyclic) bond motifs is 2. The fraction of sp³-hybridized carbons (Fsp3) is 0.308. The Morgan fingerprint density at radius 3 is 1.63 bits per heavy atom. The van der Waals surface area contributed by atoms with Crippen LogP contribution in [0.4, 0.5) is 0 Å². The van der Waals surface area contributed by atoms with Gasteiger partial charge >= 0.3 is 7.12 Å². The number of hydrogen-bond donors (Lipinski definition) is 2. The van der Waals surface area contributed by atoms with Gasteiger partial charge in [0.15, 0.2) is 5.15 Å². The molecule has 4 aromatic carbocycles. The lowest BCUT2D eigenvalue weighted by Gasteiger charge is -2.32. The minimum absolute atomic E-state index is 0. The third-order valence-electron chi connectivity index (χ3n) is 11.6. The second-order valence-corrected chi connectivity index (χ2v) is 17.3. The lowest BCUT2D eigenvalue weighted by Crippen LogP contribution is -2.41. The maximum atomic E-state index is 13.2. The summed E-state index contributed by atoms with van der Waals surface area (Å²) < 4.78 is 24.0. The molecular weight excluding hydrogens is 907 g/mol. The van der Waals surface area contributed by atoms with E-state index in [4.69, 9.17) is 30.4 Å². The average Bonchev–Trinajstić information content (AvgIpc) is 4.08. The monoisotopic (exact) mass is 968 g/mol. The fourth-order valence-electron chi connectivity index (χ4n) is 7.40. The molecule has 1 saturated heterocycles. The summed E-state index contributed by atoms with van der Waals surface area (Å²) >= 11 is 5.37. The molecule has 70 heavy (non-hydrogen) atoms. The molecule has 0 atom stereocenters. The quantitative estimate of drug-likeness (QED) is 0.111. The van der Waals surface area contributed by atoms with Crippen molar-refractivity contribution in [1.29, 1.82) is 0 Å². The summed E-state index contributed by atoms with van der Waals surface area (Å²) in [4.78, 5) is 29.6. The van der Waals surface area contributed by atoms with E-state index in [1.165, 1.54) is 0 Å². The SMILES string of the molecule is C.C.CCOc1cc(C(=O)N(C)Cc2cccc3cn[nH]c23)ccc1-c1cccnn1.CCOc1cc(C(=O)N(C)Cc2cccc3cn[nH]c23)ccc1B1OC(C)(C)C(C)(C)O1.Clc1cccnn1. The van der Waals surface area contributed by atoms with Crippen LogP contribution < -0.4 is 14.9 Å². The van der Waals surface area contributed by atoms with Gasteiger partial charge < -0.3 is 28.6 Å². The second-order valence-electron chi connectivity index (χ2n) is 16.9. The zero-order valence-electron chi connectivity index (χ0n) is 39.4. The first-order chi connectivity index (χ1) is 32.7. The van der Waals surface area contributed by atoms with E-state index in [2.05, 4.69) is 40.8 Å². The van der Waals surface area contributed by atoms with Crippen molar-refractivity contribution in [2.24, 2.45) is 0 Å². The van der Waals surface area contributed by atoms with Crippen molar-refractivity contribution in [3.8, 4) is 22.8 Å². The molecule has 0 radical (unpaired) electrons. The minimum Gasteiger partial charge on any atom is -0.494 e. The van der Waals surface area contributed by atoms with Gasteiger partial charge in [0.25, 0.3) is 11.8 Å². The van der Waals surface area contributed by atoms with Crippen LogP contribution in [0.25, 0.3) is 33.1 Å². The highest BCUT2D eigenvalue weighted by atomic mass is 35.5. The van der Waals surface area contributed by atoms with Crippen molar-refractivity contribution in [2.75, 3.05) is 27.3 Å². The van der Waals surface area contributed by atoms with Crippen LogP contribution >= 0.6 is 11.6 Å². The van der Waals surface area contributed by atoms with Crippen LogP contribution in [-0.4, -0.2) is 108 Å².